The maximum atomic E-state index is 11.2. The molecule has 22 heavy (non-hydrogen) atoms. The number of benzene rings is 1. The Bertz CT molecular complexity index is 567. The van der Waals surface area contributed by atoms with Gasteiger partial charge in [0.25, 0.3) is 0 Å². The third-order valence-corrected chi connectivity index (χ3v) is 2.72. The number of carbonyl (C=O) groups is 1. The molecule has 0 radical (unpaired) electrons. The minimum Gasteiger partial charge on any atom is -0.500 e. The van der Waals surface area contributed by atoms with E-state index in [1.54, 1.807) is 20.1 Å². The van der Waals surface area contributed by atoms with E-state index in [0.717, 1.165) is 16.9 Å². The highest BCUT2D eigenvalue weighted by molar-refractivity contribution is 5.62. The third kappa shape index (κ3) is 5.75. The zero-order chi connectivity index (χ0) is 16.4. The van der Waals surface area contributed by atoms with Crippen LogP contribution in [0.15, 0.2) is 54.0 Å². The molecule has 5 heteroatoms. The molecule has 0 unspecified atom stereocenters. The van der Waals surface area contributed by atoms with Crippen LogP contribution in [0.1, 0.15) is 12.5 Å². The molecule has 0 aliphatic carbocycles. The lowest BCUT2D eigenvalue weighted by Crippen LogP contribution is -2.05. The lowest BCUT2D eigenvalue weighted by Gasteiger charge is -2.06. The van der Waals surface area contributed by atoms with Crippen molar-refractivity contribution < 1.29 is 23.7 Å². The quantitative estimate of drug-likeness (QED) is 0.453. The summed E-state index contributed by atoms with van der Waals surface area (Å²) in [7, 11) is 4.35. The molecule has 0 bridgehead atoms. The van der Waals surface area contributed by atoms with Gasteiger partial charge in [-0.2, -0.15) is 0 Å². The standard InChI is InChI=1S/C17H20O5/c1-13(16(12-19-2)22-17(18)21-4)6-5-7-14-8-10-15(20-3)11-9-14/h5-12H,1-4H3. The summed E-state index contributed by atoms with van der Waals surface area (Å²) >= 11 is 0. The summed E-state index contributed by atoms with van der Waals surface area (Å²) in [4.78, 5) is 11.2. The van der Waals surface area contributed by atoms with Crippen molar-refractivity contribution in [1.29, 1.82) is 0 Å². The van der Waals surface area contributed by atoms with Gasteiger partial charge in [0.05, 0.1) is 21.3 Å². The van der Waals surface area contributed by atoms with Gasteiger partial charge in [-0.05, 0) is 30.2 Å². The van der Waals surface area contributed by atoms with Gasteiger partial charge in [-0.15, -0.1) is 0 Å². The van der Waals surface area contributed by atoms with Gasteiger partial charge in [0.1, 0.15) is 12.0 Å². The first-order valence-corrected chi connectivity index (χ1v) is 6.59. The van der Waals surface area contributed by atoms with Crippen molar-refractivity contribution in [2.24, 2.45) is 0 Å². The van der Waals surface area contributed by atoms with Crippen molar-refractivity contribution in [2.45, 2.75) is 6.92 Å². The number of hydrogen-bond acceptors (Lipinski definition) is 5. The number of methoxy groups -OCH3 is 3. The Kier molecular flexibility index (Phi) is 7.33. The van der Waals surface area contributed by atoms with E-state index in [0.29, 0.717) is 0 Å². The van der Waals surface area contributed by atoms with Gasteiger partial charge in [-0.25, -0.2) is 4.79 Å². The molecule has 5 nitrogen and oxygen atoms in total. The zero-order valence-corrected chi connectivity index (χ0v) is 13.2. The molecule has 0 atom stereocenters. The van der Waals surface area contributed by atoms with Crippen LogP contribution in [0, 0.1) is 0 Å². The highest BCUT2D eigenvalue weighted by Gasteiger charge is 2.08. The van der Waals surface area contributed by atoms with E-state index >= 15 is 0 Å². The van der Waals surface area contributed by atoms with Crippen LogP contribution in [0.2, 0.25) is 0 Å². The molecule has 1 rings (SSSR count). The molecule has 0 aromatic heterocycles. The highest BCUT2D eigenvalue weighted by atomic mass is 16.7. The minimum atomic E-state index is -0.796. The first kappa shape index (κ1) is 17.4. The number of carbonyl (C=O) groups excluding carboxylic acids is 1. The number of hydrogen-bond donors (Lipinski definition) is 0. The van der Waals surface area contributed by atoms with E-state index in [9.17, 15) is 4.79 Å². The molecular formula is C17H20O5. The molecule has 118 valence electrons. The fraction of sp³-hybridized carbons (Fsp3) is 0.235. The fourth-order valence-corrected chi connectivity index (χ4v) is 1.54. The van der Waals surface area contributed by atoms with E-state index in [1.165, 1.54) is 20.5 Å². The second-order valence-electron chi connectivity index (χ2n) is 4.26. The maximum Gasteiger partial charge on any atom is 0.513 e. The number of ether oxygens (including phenoxy) is 4. The first-order valence-electron chi connectivity index (χ1n) is 6.59. The second-order valence-corrected chi connectivity index (χ2v) is 4.26. The SMILES string of the molecule is COC=C(OC(=O)OC)C(C)=CC=Cc1ccc(OC)cc1. The monoisotopic (exact) mass is 304 g/mol. The first-order chi connectivity index (χ1) is 10.6. The molecule has 0 heterocycles. The summed E-state index contributed by atoms with van der Waals surface area (Å²) in [5, 5.41) is 0. The molecule has 0 saturated heterocycles. The van der Waals surface area contributed by atoms with E-state index in [1.807, 2.05) is 36.4 Å². The summed E-state index contributed by atoms with van der Waals surface area (Å²) in [6, 6.07) is 7.64. The predicted octanol–water partition coefficient (Wildman–Crippen LogP) is 3.93. The van der Waals surface area contributed by atoms with Crippen LogP contribution in [-0.4, -0.2) is 27.5 Å². The van der Waals surface area contributed by atoms with Crippen LogP contribution >= 0.6 is 0 Å². The molecule has 0 amide bonds. The average molecular weight is 304 g/mol. The maximum absolute atomic E-state index is 11.2. The molecule has 0 fully saturated rings. The summed E-state index contributed by atoms with van der Waals surface area (Å²) in [5.74, 6) is 1.09. The Morgan fingerprint density at radius 1 is 1.09 bits per heavy atom. The Morgan fingerprint density at radius 3 is 2.32 bits per heavy atom. The summed E-state index contributed by atoms with van der Waals surface area (Å²) in [6.07, 6.45) is 6.12. The van der Waals surface area contributed by atoms with Crippen LogP contribution in [-0.2, 0) is 14.2 Å². The molecule has 0 saturated carbocycles. The Morgan fingerprint density at radius 2 is 1.77 bits per heavy atom. The summed E-state index contributed by atoms with van der Waals surface area (Å²) < 4.78 is 19.4. The van der Waals surface area contributed by atoms with Crippen molar-refractivity contribution in [1.82, 2.24) is 0 Å². The third-order valence-electron chi connectivity index (χ3n) is 2.72. The predicted molar refractivity (Wildman–Crippen MR) is 84.4 cm³/mol. The van der Waals surface area contributed by atoms with Gasteiger partial charge in [0.2, 0.25) is 0 Å². The lowest BCUT2D eigenvalue weighted by atomic mass is 10.2. The molecule has 0 spiro atoms. The van der Waals surface area contributed by atoms with Crippen LogP contribution in [0.5, 0.6) is 5.75 Å². The topological polar surface area (TPSA) is 54.0 Å². The molecule has 0 aliphatic heterocycles. The summed E-state index contributed by atoms with van der Waals surface area (Å²) in [6.45, 7) is 1.80. The van der Waals surface area contributed by atoms with Gasteiger partial charge in [0.15, 0.2) is 5.76 Å². The largest absolute Gasteiger partial charge is 0.513 e. The molecule has 1 aromatic rings. The number of rotatable bonds is 6. The van der Waals surface area contributed by atoms with Crippen molar-refractivity contribution >= 4 is 12.2 Å². The van der Waals surface area contributed by atoms with Crippen molar-refractivity contribution in [3.63, 3.8) is 0 Å². The van der Waals surface area contributed by atoms with Crippen LogP contribution in [0.25, 0.3) is 6.08 Å². The van der Waals surface area contributed by atoms with E-state index in [2.05, 4.69) is 4.74 Å². The van der Waals surface area contributed by atoms with Gasteiger partial charge in [-0.1, -0.05) is 30.4 Å². The molecular weight excluding hydrogens is 284 g/mol. The van der Waals surface area contributed by atoms with Crippen LogP contribution < -0.4 is 4.74 Å². The van der Waals surface area contributed by atoms with Crippen LogP contribution in [0.4, 0.5) is 4.79 Å². The Hall–Kier alpha value is -2.69. The fourth-order valence-electron chi connectivity index (χ4n) is 1.54. The van der Waals surface area contributed by atoms with Crippen molar-refractivity contribution in [3.8, 4) is 5.75 Å². The van der Waals surface area contributed by atoms with Crippen molar-refractivity contribution in [3.05, 3.63) is 59.6 Å². The lowest BCUT2D eigenvalue weighted by molar-refractivity contribution is 0.0960. The van der Waals surface area contributed by atoms with Gasteiger partial charge in [-0.3, -0.25) is 0 Å². The average Bonchev–Trinajstić information content (AvgIpc) is 2.54. The van der Waals surface area contributed by atoms with Gasteiger partial charge >= 0.3 is 6.16 Å². The zero-order valence-electron chi connectivity index (χ0n) is 13.2. The second kappa shape index (κ2) is 9.28. The minimum absolute atomic E-state index is 0.286. The van der Waals surface area contributed by atoms with E-state index < -0.39 is 6.16 Å². The van der Waals surface area contributed by atoms with E-state index in [4.69, 9.17) is 14.2 Å². The molecule has 0 N–H and O–H groups in total. The summed E-state index contributed by atoms with van der Waals surface area (Å²) in [5.41, 5.74) is 1.74. The van der Waals surface area contributed by atoms with E-state index in [-0.39, 0.29) is 5.76 Å². The van der Waals surface area contributed by atoms with Crippen LogP contribution in [0.3, 0.4) is 0 Å². The number of allylic oxidation sites excluding steroid dienone is 3. The van der Waals surface area contributed by atoms with Gasteiger partial charge in [0, 0.05) is 0 Å². The molecule has 1 aromatic carbocycles. The normalized spacial score (nSPS) is 12.2. The van der Waals surface area contributed by atoms with Gasteiger partial charge < -0.3 is 18.9 Å². The molecule has 0 aliphatic rings. The Labute approximate surface area is 130 Å². The van der Waals surface area contributed by atoms with Crippen molar-refractivity contribution in [2.75, 3.05) is 21.3 Å². The Balaban J connectivity index is 2.78. The smallest absolute Gasteiger partial charge is 0.500 e. The highest BCUT2D eigenvalue weighted by Crippen LogP contribution is 2.15.